The number of nitrogen functional groups attached to an aromatic ring is 1. The summed E-state index contributed by atoms with van der Waals surface area (Å²) in [7, 11) is 0. The standard InChI is InChI=1S/C16H19ClN2O/c1-11(2)9-10-19-15(8-7-14(18)16(19)20)12-3-5-13(17)6-4-12/h3-8,11H,9-10,18H2,1-2H3. The van der Waals surface area contributed by atoms with Gasteiger partial charge in [0.25, 0.3) is 5.56 Å². The Morgan fingerprint density at radius 3 is 2.40 bits per heavy atom. The van der Waals surface area contributed by atoms with Gasteiger partial charge in [-0.05, 0) is 42.2 Å². The van der Waals surface area contributed by atoms with Gasteiger partial charge in [0, 0.05) is 11.6 Å². The van der Waals surface area contributed by atoms with E-state index in [4.69, 9.17) is 17.3 Å². The number of halogens is 1. The van der Waals surface area contributed by atoms with Crippen molar-refractivity contribution in [3.05, 3.63) is 51.8 Å². The summed E-state index contributed by atoms with van der Waals surface area (Å²) in [6.45, 7) is 4.94. The Morgan fingerprint density at radius 2 is 1.80 bits per heavy atom. The van der Waals surface area contributed by atoms with E-state index in [9.17, 15) is 4.79 Å². The second kappa shape index (κ2) is 6.14. The molecule has 20 heavy (non-hydrogen) atoms. The van der Waals surface area contributed by atoms with Crippen LogP contribution in [0.2, 0.25) is 5.02 Å². The van der Waals surface area contributed by atoms with E-state index in [1.807, 2.05) is 30.3 Å². The van der Waals surface area contributed by atoms with Gasteiger partial charge in [-0.2, -0.15) is 0 Å². The zero-order valence-electron chi connectivity index (χ0n) is 11.8. The quantitative estimate of drug-likeness (QED) is 0.931. The molecule has 0 fully saturated rings. The lowest BCUT2D eigenvalue weighted by molar-refractivity contribution is 0.511. The largest absolute Gasteiger partial charge is 0.394 e. The molecule has 2 aromatic rings. The minimum absolute atomic E-state index is 0.127. The number of aromatic nitrogens is 1. The van der Waals surface area contributed by atoms with Crippen molar-refractivity contribution >= 4 is 17.3 Å². The fraction of sp³-hybridized carbons (Fsp3) is 0.312. The number of hydrogen-bond acceptors (Lipinski definition) is 2. The number of nitrogens with zero attached hydrogens (tertiary/aromatic N) is 1. The third-order valence-corrected chi connectivity index (χ3v) is 3.53. The maximum absolute atomic E-state index is 12.3. The number of hydrogen-bond donors (Lipinski definition) is 1. The molecule has 0 aliphatic carbocycles. The minimum atomic E-state index is -0.127. The van der Waals surface area contributed by atoms with Crippen LogP contribution in [0.15, 0.2) is 41.2 Å². The number of rotatable bonds is 4. The van der Waals surface area contributed by atoms with E-state index in [0.29, 0.717) is 17.5 Å². The Morgan fingerprint density at radius 1 is 1.15 bits per heavy atom. The SMILES string of the molecule is CC(C)CCn1c(-c2ccc(Cl)cc2)ccc(N)c1=O. The van der Waals surface area contributed by atoms with Crippen LogP contribution in [-0.4, -0.2) is 4.57 Å². The first-order valence-electron chi connectivity index (χ1n) is 6.74. The van der Waals surface area contributed by atoms with Crippen LogP contribution in [0.25, 0.3) is 11.3 Å². The molecule has 106 valence electrons. The van der Waals surface area contributed by atoms with Crippen molar-refractivity contribution in [2.24, 2.45) is 5.92 Å². The highest BCUT2D eigenvalue weighted by molar-refractivity contribution is 6.30. The predicted octanol–water partition coefficient (Wildman–Crippen LogP) is 3.80. The van der Waals surface area contributed by atoms with Crippen LogP contribution < -0.4 is 11.3 Å². The smallest absolute Gasteiger partial charge is 0.274 e. The number of nitrogens with two attached hydrogens (primary N) is 1. The van der Waals surface area contributed by atoms with E-state index < -0.39 is 0 Å². The molecule has 1 heterocycles. The average molecular weight is 291 g/mol. The van der Waals surface area contributed by atoms with Crippen molar-refractivity contribution in [2.45, 2.75) is 26.8 Å². The number of pyridine rings is 1. The molecule has 0 atom stereocenters. The molecule has 2 N–H and O–H groups in total. The summed E-state index contributed by atoms with van der Waals surface area (Å²) >= 11 is 5.91. The first-order valence-corrected chi connectivity index (χ1v) is 7.12. The van der Waals surface area contributed by atoms with Gasteiger partial charge in [0.2, 0.25) is 0 Å². The number of benzene rings is 1. The zero-order chi connectivity index (χ0) is 14.7. The second-order valence-electron chi connectivity index (χ2n) is 5.32. The van der Waals surface area contributed by atoms with Crippen molar-refractivity contribution < 1.29 is 0 Å². The van der Waals surface area contributed by atoms with E-state index in [1.54, 1.807) is 10.6 Å². The number of anilines is 1. The summed E-state index contributed by atoms with van der Waals surface area (Å²) < 4.78 is 1.75. The van der Waals surface area contributed by atoms with E-state index >= 15 is 0 Å². The minimum Gasteiger partial charge on any atom is -0.394 e. The fourth-order valence-corrected chi connectivity index (χ4v) is 2.20. The molecule has 0 saturated heterocycles. The lowest BCUT2D eigenvalue weighted by Crippen LogP contribution is -2.24. The third kappa shape index (κ3) is 3.23. The normalized spacial score (nSPS) is 11.0. The Hall–Kier alpha value is -1.74. The van der Waals surface area contributed by atoms with Crippen molar-refractivity contribution in [2.75, 3.05) is 5.73 Å². The van der Waals surface area contributed by atoms with Crippen molar-refractivity contribution in [3.63, 3.8) is 0 Å². The Bertz CT molecular complexity index is 645. The highest BCUT2D eigenvalue weighted by Crippen LogP contribution is 2.22. The summed E-state index contributed by atoms with van der Waals surface area (Å²) in [5.74, 6) is 0.529. The van der Waals surface area contributed by atoms with E-state index in [1.165, 1.54) is 0 Å². The Balaban J connectivity index is 2.49. The van der Waals surface area contributed by atoms with Gasteiger partial charge in [0.05, 0.1) is 11.4 Å². The highest BCUT2D eigenvalue weighted by atomic mass is 35.5. The molecule has 3 nitrogen and oxygen atoms in total. The summed E-state index contributed by atoms with van der Waals surface area (Å²) in [5.41, 5.74) is 7.74. The second-order valence-corrected chi connectivity index (χ2v) is 5.76. The summed E-state index contributed by atoms with van der Waals surface area (Å²) in [4.78, 5) is 12.3. The highest BCUT2D eigenvalue weighted by Gasteiger charge is 2.09. The average Bonchev–Trinajstić information content (AvgIpc) is 2.41. The topological polar surface area (TPSA) is 48.0 Å². The molecule has 0 aliphatic heterocycles. The zero-order valence-corrected chi connectivity index (χ0v) is 12.5. The first kappa shape index (κ1) is 14.7. The van der Waals surface area contributed by atoms with Crippen LogP contribution in [0.4, 0.5) is 5.69 Å². The lowest BCUT2D eigenvalue weighted by atomic mass is 10.1. The van der Waals surface area contributed by atoms with Gasteiger partial charge in [0.15, 0.2) is 0 Å². The first-order chi connectivity index (χ1) is 9.49. The molecule has 1 aromatic carbocycles. The molecule has 1 aromatic heterocycles. The van der Waals surface area contributed by atoms with Gasteiger partial charge < -0.3 is 10.3 Å². The summed E-state index contributed by atoms with van der Waals surface area (Å²) in [6.07, 6.45) is 0.934. The van der Waals surface area contributed by atoms with Gasteiger partial charge in [-0.3, -0.25) is 4.79 Å². The molecule has 0 aliphatic rings. The van der Waals surface area contributed by atoms with E-state index in [2.05, 4.69) is 13.8 Å². The third-order valence-electron chi connectivity index (χ3n) is 3.27. The predicted molar refractivity (Wildman–Crippen MR) is 85.0 cm³/mol. The van der Waals surface area contributed by atoms with Crippen molar-refractivity contribution in [1.29, 1.82) is 0 Å². The van der Waals surface area contributed by atoms with Crippen LogP contribution in [0.5, 0.6) is 0 Å². The molecular weight excluding hydrogens is 272 g/mol. The van der Waals surface area contributed by atoms with Crippen LogP contribution in [0.3, 0.4) is 0 Å². The molecule has 0 radical (unpaired) electrons. The Kier molecular flexibility index (Phi) is 4.50. The van der Waals surface area contributed by atoms with Crippen LogP contribution in [0.1, 0.15) is 20.3 Å². The molecule has 0 spiro atoms. The van der Waals surface area contributed by atoms with Gasteiger partial charge in [-0.1, -0.05) is 37.6 Å². The molecule has 2 rings (SSSR count). The maximum Gasteiger partial charge on any atom is 0.274 e. The monoisotopic (exact) mass is 290 g/mol. The summed E-state index contributed by atoms with van der Waals surface area (Å²) in [5, 5.41) is 0.681. The van der Waals surface area contributed by atoms with Gasteiger partial charge in [-0.25, -0.2) is 0 Å². The maximum atomic E-state index is 12.3. The molecule has 4 heteroatoms. The molecule has 0 amide bonds. The van der Waals surface area contributed by atoms with Crippen LogP contribution in [-0.2, 0) is 6.54 Å². The van der Waals surface area contributed by atoms with Gasteiger partial charge >= 0.3 is 0 Å². The lowest BCUT2D eigenvalue weighted by Gasteiger charge is -2.15. The van der Waals surface area contributed by atoms with Crippen LogP contribution >= 0.6 is 11.6 Å². The van der Waals surface area contributed by atoms with E-state index in [-0.39, 0.29) is 11.2 Å². The van der Waals surface area contributed by atoms with Gasteiger partial charge in [0.1, 0.15) is 0 Å². The van der Waals surface area contributed by atoms with Crippen LogP contribution in [0, 0.1) is 5.92 Å². The van der Waals surface area contributed by atoms with Crippen molar-refractivity contribution in [3.8, 4) is 11.3 Å². The van der Waals surface area contributed by atoms with Gasteiger partial charge in [-0.15, -0.1) is 0 Å². The van der Waals surface area contributed by atoms with Crippen molar-refractivity contribution in [1.82, 2.24) is 4.57 Å². The molecule has 0 saturated carbocycles. The molecule has 0 unspecified atom stereocenters. The molecule has 0 bridgehead atoms. The Labute approximate surface area is 124 Å². The fourth-order valence-electron chi connectivity index (χ4n) is 2.08. The van der Waals surface area contributed by atoms with E-state index in [0.717, 1.165) is 17.7 Å². The molecular formula is C16H19ClN2O. The summed E-state index contributed by atoms with van der Waals surface area (Å²) in [6, 6.07) is 11.0.